The highest BCUT2D eigenvalue weighted by molar-refractivity contribution is 5.89. The normalized spacial score (nSPS) is 34.7. The van der Waals surface area contributed by atoms with Gasteiger partial charge in [0, 0.05) is 37.1 Å². The molecule has 0 spiro atoms. The van der Waals surface area contributed by atoms with E-state index >= 15 is 0 Å². The van der Waals surface area contributed by atoms with Crippen molar-refractivity contribution in [1.29, 1.82) is 0 Å². The maximum atomic E-state index is 12.7. The molecule has 0 bridgehead atoms. The molecule has 4 atom stereocenters. The largest absolute Gasteiger partial charge is 0.377 e. The van der Waals surface area contributed by atoms with E-state index in [4.69, 9.17) is 10.5 Å². The molecule has 1 heterocycles. The van der Waals surface area contributed by atoms with E-state index in [9.17, 15) is 4.79 Å². The van der Waals surface area contributed by atoms with E-state index in [1.807, 2.05) is 0 Å². The smallest absolute Gasteiger partial charge is 0.241 e. The first kappa shape index (κ1) is 17.7. The number of carbonyl (C=O) groups excluding carboxylic acids is 1. The van der Waals surface area contributed by atoms with Crippen LogP contribution in [0.5, 0.6) is 0 Å². The zero-order valence-corrected chi connectivity index (χ0v) is 14.8. The van der Waals surface area contributed by atoms with Crippen LogP contribution in [-0.2, 0) is 9.53 Å². The van der Waals surface area contributed by atoms with Crippen molar-refractivity contribution < 1.29 is 9.53 Å². The number of rotatable bonds is 6. The summed E-state index contributed by atoms with van der Waals surface area (Å²) in [6.45, 7) is 10.8. The van der Waals surface area contributed by atoms with Gasteiger partial charge in [-0.3, -0.25) is 4.79 Å². The number of hydrogen-bond donors (Lipinski definition) is 2. The molecule has 0 aromatic carbocycles. The Morgan fingerprint density at radius 3 is 2.82 bits per heavy atom. The third-order valence-corrected chi connectivity index (χ3v) is 6.15. The summed E-state index contributed by atoms with van der Waals surface area (Å²) in [5, 5.41) is 3.06. The summed E-state index contributed by atoms with van der Waals surface area (Å²) in [6, 6.07) is 0.528. The number of ether oxygens (including phenoxy) is 1. The van der Waals surface area contributed by atoms with Crippen molar-refractivity contribution in [3.8, 4) is 0 Å². The van der Waals surface area contributed by atoms with E-state index in [0.717, 1.165) is 32.4 Å². The first-order valence-electron chi connectivity index (χ1n) is 8.65. The summed E-state index contributed by atoms with van der Waals surface area (Å²) in [6.07, 6.45) is 3.23. The topological polar surface area (TPSA) is 67.6 Å². The Labute approximate surface area is 134 Å². The number of nitrogens with zero attached hydrogens (tertiary/aromatic N) is 1. The number of hydrogen-bond acceptors (Lipinski definition) is 4. The van der Waals surface area contributed by atoms with Crippen molar-refractivity contribution >= 4 is 5.91 Å². The van der Waals surface area contributed by atoms with Crippen LogP contribution < -0.4 is 11.1 Å². The van der Waals surface area contributed by atoms with E-state index in [2.05, 4.69) is 45.0 Å². The summed E-state index contributed by atoms with van der Waals surface area (Å²) in [4.78, 5) is 15.0. The van der Waals surface area contributed by atoms with E-state index < -0.39 is 5.54 Å². The Kier molecular flexibility index (Phi) is 5.20. The molecule has 5 heteroatoms. The lowest BCUT2D eigenvalue weighted by Gasteiger charge is -2.65. The number of nitrogens with two attached hydrogens (primary N) is 1. The summed E-state index contributed by atoms with van der Waals surface area (Å²) in [5.74, 6) is 0.144. The van der Waals surface area contributed by atoms with Crippen LogP contribution in [0.4, 0.5) is 0 Å². The van der Waals surface area contributed by atoms with Gasteiger partial charge >= 0.3 is 0 Å². The van der Waals surface area contributed by atoms with Crippen molar-refractivity contribution in [3.05, 3.63) is 0 Å². The molecular weight excluding hydrogens is 278 g/mol. The van der Waals surface area contributed by atoms with E-state index in [1.165, 1.54) is 0 Å². The molecule has 0 aromatic rings. The van der Waals surface area contributed by atoms with Crippen molar-refractivity contribution in [1.82, 2.24) is 10.2 Å². The minimum atomic E-state index is -0.799. The molecule has 1 aliphatic heterocycles. The molecular formula is C17H33N3O2. The van der Waals surface area contributed by atoms with Crippen LogP contribution >= 0.6 is 0 Å². The Bertz CT molecular complexity index is 413. The minimum absolute atomic E-state index is 0.0122. The molecule has 2 fully saturated rings. The quantitative estimate of drug-likeness (QED) is 0.777. The minimum Gasteiger partial charge on any atom is -0.377 e. The monoisotopic (exact) mass is 311 g/mol. The number of likely N-dealkylation sites (N-methyl/N-ethyl adjacent to an activating group) is 1. The Morgan fingerprint density at radius 1 is 1.50 bits per heavy atom. The number of nitrogens with one attached hydrogen (secondary N) is 1. The van der Waals surface area contributed by atoms with Gasteiger partial charge in [-0.1, -0.05) is 20.8 Å². The summed E-state index contributed by atoms with van der Waals surface area (Å²) in [7, 11) is 2.09. The van der Waals surface area contributed by atoms with Crippen LogP contribution in [0, 0.1) is 11.3 Å². The average Bonchev–Trinajstić information content (AvgIpc) is 2.52. The molecule has 5 nitrogen and oxygen atoms in total. The van der Waals surface area contributed by atoms with Gasteiger partial charge in [-0.15, -0.1) is 0 Å². The zero-order valence-electron chi connectivity index (χ0n) is 14.8. The second-order valence-electron chi connectivity index (χ2n) is 7.62. The van der Waals surface area contributed by atoms with Crippen LogP contribution in [0.2, 0.25) is 0 Å². The maximum absolute atomic E-state index is 12.7. The molecule has 3 N–H and O–H groups in total. The molecule has 128 valence electrons. The fraction of sp³-hybridized carbons (Fsp3) is 0.941. The van der Waals surface area contributed by atoms with E-state index in [1.54, 1.807) is 0 Å². The number of fused-ring (bicyclic) bond motifs is 1. The molecule has 1 saturated heterocycles. The lowest BCUT2D eigenvalue weighted by Crippen LogP contribution is -2.82. The van der Waals surface area contributed by atoms with Gasteiger partial charge in [0.15, 0.2) is 0 Å². The molecule has 0 radical (unpaired) electrons. The van der Waals surface area contributed by atoms with Gasteiger partial charge in [-0.2, -0.15) is 0 Å². The highest BCUT2D eigenvalue weighted by Crippen LogP contribution is 2.57. The maximum Gasteiger partial charge on any atom is 0.241 e. The van der Waals surface area contributed by atoms with Crippen LogP contribution in [0.1, 0.15) is 47.0 Å². The van der Waals surface area contributed by atoms with Gasteiger partial charge in [0.25, 0.3) is 0 Å². The highest BCUT2D eigenvalue weighted by atomic mass is 16.5. The lowest BCUT2D eigenvalue weighted by atomic mass is 9.46. The first-order valence-corrected chi connectivity index (χ1v) is 8.65. The molecule has 2 aliphatic rings. The van der Waals surface area contributed by atoms with Gasteiger partial charge in [-0.25, -0.2) is 0 Å². The van der Waals surface area contributed by atoms with Crippen molar-refractivity contribution in [2.45, 2.75) is 64.6 Å². The zero-order chi connectivity index (χ0) is 16.5. The predicted octanol–water partition coefficient (Wildman–Crippen LogP) is 1.37. The van der Waals surface area contributed by atoms with Crippen molar-refractivity contribution in [2.75, 3.05) is 26.7 Å². The third kappa shape index (κ3) is 2.68. The van der Waals surface area contributed by atoms with E-state index in [-0.39, 0.29) is 23.3 Å². The summed E-state index contributed by atoms with van der Waals surface area (Å²) in [5.41, 5.74) is 5.48. The lowest BCUT2D eigenvalue weighted by molar-refractivity contribution is -0.225. The SMILES string of the molecule is CCC(C)N(C)CCNC(=O)C1(N)C2CCCOC2C1(C)C. The molecule has 22 heavy (non-hydrogen) atoms. The molecule has 4 unspecified atom stereocenters. The molecule has 1 saturated carbocycles. The fourth-order valence-corrected chi connectivity index (χ4v) is 4.06. The second-order valence-corrected chi connectivity index (χ2v) is 7.62. The molecule has 2 rings (SSSR count). The van der Waals surface area contributed by atoms with Crippen molar-refractivity contribution in [2.24, 2.45) is 17.1 Å². The highest BCUT2D eigenvalue weighted by Gasteiger charge is 2.70. The van der Waals surface area contributed by atoms with Crippen molar-refractivity contribution in [3.63, 3.8) is 0 Å². The van der Waals surface area contributed by atoms with Gasteiger partial charge in [0.1, 0.15) is 5.54 Å². The van der Waals surface area contributed by atoms with Gasteiger partial charge in [0.05, 0.1) is 6.10 Å². The Balaban J connectivity index is 1.91. The van der Waals surface area contributed by atoms with E-state index in [0.29, 0.717) is 12.6 Å². The van der Waals surface area contributed by atoms with Crippen LogP contribution in [-0.4, -0.2) is 55.2 Å². The number of carbonyl (C=O) groups is 1. The Hall–Kier alpha value is -0.650. The standard InChI is InChI=1S/C17H33N3O2/c1-6-12(2)20(5)10-9-19-15(21)17(18)13-8-7-11-22-14(13)16(17,3)4/h12-14H,6-11,18H2,1-5H3,(H,19,21). The van der Waals surface area contributed by atoms with Crippen LogP contribution in [0.3, 0.4) is 0 Å². The molecule has 0 aromatic heterocycles. The van der Waals surface area contributed by atoms with Crippen LogP contribution in [0.15, 0.2) is 0 Å². The fourth-order valence-electron chi connectivity index (χ4n) is 4.06. The molecule has 1 amide bonds. The van der Waals surface area contributed by atoms with Crippen LogP contribution in [0.25, 0.3) is 0 Å². The van der Waals surface area contributed by atoms with Gasteiger partial charge in [-0.05, 0) is 33.2 Å². The van der Waals surface area contributed by atoms with Gasteiger partial charge < -0.3 is 20.7 Å². The number of amides is 1. The summed E-state index contributed by atoms with van der Waals surface area (Å²) >= 11 is 0. The Morgan fingerprint density at radius 2 is 2.18 bits per heavy atom. The second kappa shape index (κ2) is 6.46. The predicted molar refractivity (Wildman–Crippen MR) is 88.6 cm³/mol. The first-order chi connectivity index (χ1) is 10.3. The average molecular weight is 311 g/mol. The van der Waals surface area contributed by atoms with Gasteiger partial charge in [0.2, 0.25) is 5.91 Å². The molecule has 1 aliphatic carbocycles. The summed E-state index contributed by atoms with van der Waals surface area (Å²) < 4.78 is 5.86. The third-order valence-electron chi connectivity index (χ3n) is 6.15.